The van der Waals surface area contributed by atoms with Crippen molar-refractivity contribution in [2.45, 2.75) is 51.7 Å². The van der Waals surface area contributed by atoms with E-state index in [1.165, 1.54) is 6.07 Å². The van der Waals surface area contributed by atoms with Crippen LogP contribution in [0.25, 0.3) is 0 Å². The van der Waals surface area contributed by atoms with Crippen molar-refractivity contribution in [2.75, 3.05) is 11.9 Å². The third-order valence-corrected chi connectivity index (χ3v) is 4.37. The van der Waals surface area contributed by atoms with Gasteiger partial charge in [0, 0.05) is 12.6 Å². The second-order valence-electron chi connectivity index (χ2n) is 5.63. The van der Waals surface area contributed by atoms with E-state index in [9.17, 15) is 4.39 Å². The van der Waals surface area contributed by atoms with E-state index in [2.05, 4.69) is 19.2 Å². The Morgan fingerprint density at radius 1 is 1.43 bits per heavy atom. The molecule has 0 bridgehead atoms. The van der Waals surface area contributed by atoms with Gasteiger partial charge in [0.05, 0.1) is 11.8 Å². The summed E-state index contributed by atoms with van der Waals surface area (Å²) in [5.74, 6) is 0.101. The molecule has 4 heteroatoms. The number of nitriles is 1. The third kappa shape index (κ3) is 3.74. The standard InChI is InChI=1S/C17H23FN2O/c1-3-12(4-2)17-10-13(8-9-21-17)20-16-7-5-6-15(18)14(16)11-19/h5-7,12-13,17,20H,3-4,8-10H2,1-2H3. The van der Waals surface area contributed by atoms with E-state index >= 15 is 0 Å². The zero-order chi connectivity index (χ0) is 15.2. The van der Waals surface area contributed by atoms with E-state index in [0.29, 0.717) is 11.6 Å². The van der Waals surface area contributed by atoms with Crippen LogP contribution in [-0.2, 0) is 4.74 Å². The van der Waals surface area contributed by atoms with Crippen molar-refractivity contribution in [2.24, 2.45) is 5.92 Å². The first-order chi connectivity index (χ1) is 10.2. The molecule has 1 aliphatic heterocycles. The molecule has 114 valence electrons. The van der Waals surface area contributed by atoms with Crippen LogP contribution in [0.2, 0.25) is 0 Å². The Hall–Kier alpha value is -1.60. The zero-order valence-electron chi connectivity index (χ0n) is 12.7. The molecule has 0 saturated carbocycles. The van der Waals surface area contributed by atoms with Gasteiger partial charge in [-0.3, -0.25) is 0 Å². The van der Waals surface area contributed by atoms with E-state index in [4.69, 9.17) is 10.00 Å². The fourth-order valence-electron chi connectivity index (χ4n) is 3.08. The Balaban J connectivity index is 2.07. The molecule has 0 amide bonds. The molecule has 3 nitrogen and oxygen atoms in total. The molecular formula is C17H23FN2O. The predicted octanol–water partition coefficient (Wildman–Crippen LogP) is 4.09. The van der Waals surface area contributed by atoms with Gasteiger partial charge in [0.2, 0.25) is 0 Å². The lowest BCUT2D eigenvalue weighted by Crippen LogP contribution is -2.38. The Labute approximate surface area is 126 Å². The van der Waals surface area contributed by atoms with Crippen LogP contribution >= 0.6 is 0 Å². The van der Waals surface area contributed by atoms with Crippen LogP contribution in [0.4, 0.5) is 10.1 Å². The summed E-state index contributed by atoms with van der Waals surface area (Å²) in [5, 5.41) is 12.4. The van der Waals surface area contributed by atoms with Crippen LogP contribution in [0.3, 0.4) is 0 Å². The molecule has 0 radical (unpaired) electrons. The van der Waals surface area contributed by atoms with Crippen LogP contribution in [0.5, 0.6) is 0 Å². The van der Waals surface area contributed by atoms with Crippen LogP contribution in [0, 0.1) is 23.1 Å². The number of benzene rings is 1. The Morgan fingerprint density at radius 3 is 2.86 bits per heavy atom. The van der Waals surface area contributed by atoms with Gasteiger partial charge in [-0.25, -0.2) is 4.39 Å². The van der Waals surface area contributed by atoms with E-state index in [1.54, 1.807) is 12.1 Å². The summed E-state index contributed by atoms with van der Waals surface area (Å²) < 4.78 is 19.5. The van der Waals surface area contributed by atoms with Crippen LogP contribution in [-0.4, -0.2) is 18.8 Å². The van der Waals surface area contributed by atoms with Crippen molar-refractivity contribution >= 4 is 5.69 Å². The molecule has 1 aromatic rings. The molecule has 1 fully saturated rings. The lowest BCUT2D eigenvalue weighted by molar-refractivity contribution is -0.0271. The van der Waals surface area contributed by atoms with E-state index in [1.807, 2.05) is 6.07 Å². The van der Waals surface area contributed by atoms with Crippen molar-refractivity contribution in [1.29, 1.82) is 5.26 Å². The molecular weight excluding hydrogens is 267 g/mol. The highest BCUT2D eigenvalue weighted by atomic mass is 19.1. The number of nitrogens with one attached hydrogen (secondary N) is 1. The Kier molecular flexibility index (Phi) is 5.58. The van der Waals surface area contributed by atoms with E-state index < -0.39 is 5.82 Å². The van der Waals surface area contributed by atoms with Gasteiger partial charge in [-0.15, -0.1) is 0 Å². The molecule has 1 heterocycles. The molecule has 0 aliphatic carbocycles. The predicted molar refractivity (Wildman–Crippen MR) is 81.6 cm³/mol. The SMILES string of the molecule is CCC(CC)C1CC(Nc2cccc(F)c2C#N)CCO1. The highest BCUT2D eigenvalue weighted by Gasteiger charge is 2.28. The highest BCUT2D eigenvalue weighted by Crippen LogP contribution is 2.28. The van der Waals surface area contributed by atoms with Gasteiger partial charge in [0.25, 0.3) is 0 Å². The first-order valence-electron chi connectivity index (χ1n) is 7.76. The minimum absolute atomic E-state index is 0.100. The Bertz CT molecular complexity index is 508. The zero-order valence-corrected chi connectivity index (χ0v) is 12.7. The molecule has 0 aromatic heterocycles. The van der Waals surface area contributed by atoms with Gasteiger partial charge in [-0.2, -0.15) is 5.26 Å². The third-order valence-electron chi connectivity index (χ3n) is 4.37. The van der Waals surface area contributed by atoms with E-state index in [0.717, 1.165) is 32.3 Å². The average molecular weight is 290 g/mol. The second-order valence-corrected chi connectivity index (χ2v) is 5.63. The minimum Gasteiger partial charge on any atom is -0.381 e. The average Bonchev–Trinajstić information content (AvgIpc) is 2.49. The van der Waals surface area contributed by atoms with Crippen molar-refractivity contribution in [1.82, 2.24) is 0 Å². The fourth-order valence-corrected chi connectivity index (χ4v) is 3.08. The van der Waals surface area contributed by atoms with Crippen molar-refractivity contribution in [3.63, 3.8) is 0 Å². The van der Waals surface area contributed by atoms with Crippen LogP contribution in [0.15, 0.2) is 18.2 Å². The molecule has 21 heavy (non-hydrogen) atoms. The maximum Gasteiger partial charge on any atom is 0.143 e. The number of halogens is 1. The molecule has 2 unspecified atom stereocenters. The van der Waals surface area contributed by atoms with Crippen molar-refractivity contribution in [3.05, 3.63) is 29.6 Å². The summed E-state index contributed by atoms with van der Waals surface area (Å²) in [7, 11) is 0. The van der Waals surface area contributed by atoms with Gasteiger partial charge in [-0.1, -0.05) is 32.8 Å². The highest BCUT2D eigenvalue weighted by molar-refractivity contribution is 5.58. The van der Waals surface area contributed by atoms with E-state index in [-0.39, 0.29) is 17.7 Å². The fraction of sp³-hybridized carbons (Fsp3) is 0.588. The first-order valence-corrected chi connectivity index (χ1v) is 7.76. The normalized spacial score (nSPS) is 22.0. The number of hydrogen-bond donors (Lipinski definition) is 1. The molecule has 1 aromatic carbocycles. The van der Waals surface area contributed by atoms with Crippen molar-refractivity contribution < 1.29 is 9.13 Å². The molecule has 1 saturated heterocycles. The lowest BCUT2D eigenvalue weighted by Gasteiger charge is -2.35. The summed E-state index contributed by atoms with van der Waals surface area (Å²) in [6, 6.07) is 6.90. The second kappa shape index (κ2) is 7.42. The summed E-state index contributed by atoms with van der Waals surface area (Å²) in [5.41, 5.74) is 0.691. The maximum absolute atomic E-state index is 13.6. The van der Waals surface area contributed by atoms with Gasteiger partial charge in [-0.05, 0) is 30.9 Å². The summed E-state index contributed by atoms with van der Waals surface area (Å²) >= 11 is 0. The molecule has 1 aliphatic rings. The first kappa shape index (κ1) is 15.8. The molecule has 1 N–H and O–H groups in total. The largest absolute Gasteiger partial charge is 0.381 e. The summed E-state index contributed by atoms with van der Waals surface area (Å²) in [6.07, 6.45) is 4.27. The van der Waals surface area contributed by atoms with Gasteiger partial charge >= 0.3 is 0 Å². The maximum atomic E-state index is 13.6. The topological polar surface area (TPSA) is 45.0 Å². The van der Waals surface area contributed by atoms with Crippen LogP contribution < -0.4 is 5.32 Å². The minimum atomic E-state index is -0.467. The number of ether oxygens (including phenoxy) is 1. The molecule has 2 atom stereocenters. The van der Waals surface area contributed by atoms with Crippen LogP contribution in [0.1, 0.15) is 45.1 Å². The van der Waals surface area contributed by atoms with Gasteiger partial charge in [0.15, 0.2) is 0 Å². The quantitative estimate of drug-likeness (QED) is 0.888. The molecule has 0 spiro atoms. The lowest BCUT2D eigenvalue weighted by atomic mass is 9.89. The van der Waals surface area contributed by atoms with Gasteiger partial charge < -0.3 is 10.1 Å². The number of anilines is 1. The number of rotatable bonds is 5. The van der Waals surface area contributed by atoms with Gasteiger partial charge in [0.1, 0.15) is 17.4 Å². The number of hydrogen-bond acceptors (Lipinski definition) is 3. The number of nitrogens with zero attached hydrogens (tertiary/aromatic N) is 1. The molecule has 2 rings (SSSR count). The Morgan fingerprint density at radius 2 is 2.19 bits per heavy atom. The monoisotopic (exact) mass is 290 g/mol. The smallest absolute Gasteiger partial charge is 0.143 e. The summed E-state index contributed by atoms with van der Waals surface area (Å²) in [4.78, 5) is 0. The summed E-state index contributed by atoms with van der Waals surface area (Å²) in [6.45, 7) is 5.10. The van der Waals surface area contributed by atoms with Crippen molar-refractivity contribution in [3.8, 4) is 6.07 Å².